The Bertz CT molecular complexity index is 717. The van der Waals surface area contributed by atoms with Crippen molar-refractivity contribution in [3.05, 3.63) is 12.4 Å². The Morgan fingerprint density at radius 3 is 2.37 bits per heavy atom. The van der Waals surface area contributed by atoms with Crippen LogP contribution < -0.4 is 9.47 Å². The molecule has 10 heteroatoms. The number of urea groups is 1. The van der Waals surface area contributed by atoms with E-state index in [2.05, 4.69) is 9.97 Å². The molecule has 1 aromatic heterocycles. The third kappa shape index (κ3) is 3.93. The van der Waals surface area contributed by atoms with Gasteiger partial charge in [-0.25, -0.2) is 4.79 Å². The van der Waals surface area contributed by atoms with E-state index in [4.69, 9.17) is 9.47 Å². The van der Waals surface area contributed by atoms with Crippen molar-refractivity contribution in [2.24, 2.45) is 0 Å². The molecule has 2 saturated heterocycles. The number of hydrogen-bond donors (Lipinski definition) is 0. The summed E-state index contributed by atoms with van der Waals surface area (Å²) < 4.78 is 10.8. The van der Waals surface area contributed by atoms with Crippen LogP contribution in [0.2, 0.25) is 0 Å². The van der Waals surface area contributed by atoms with Crippen LogP contribution in [-0.4, -0.2) is 89.0 Å². The summed E-state index contributed by atoms with van der Waals surface area (Å²) in [5.74, 6) is 0.00637. The van der Waals surface area contributed by atoms with Crippen molar-refractivity contribution in [3.8, 4) is 11.8 Å². The predicted octanol–water partition coefficient (Wildman–Crippen LogP) is 0.138. The van der Waals surface area contributed by atoms with E-state index in [1.807, 2.05) is 0 Å². The average Bonchev–Trinajstić information content (AvgIpc) is 2.70. The maximum absolute atomic E-state index is 12.8. The number of amides is 4. The van der Waals surface area contributed by atoms with Gasteiger partial charge in [-0.2, -0.15) is 9.97 Å². The Kier molecular flexibility index (Phi) is 5.43. The zero-order valence-corrected chi connectivity index (χ0v) is 15.6. The van der Waals surface area contributed by atoms with Crippen LogP contribution in [0.5, 0.6) is 11.8 Å². The molecule has 0 aromatic carbocycles. The molecule has 1 atom stereocenters. The largest absolute Gasteiger partial charge is 0.494 e. The Hall–Kier alpha value is -2.91. The van der Waals surface area contributed by atoms with E-state index in [-0.39, 0.29) is 30.3 Å². The van der Waals surface area contributed by atoms with Gasteiger partial charge in [0.05, 0.1) is 25.9 Å². The molecular formula is C17H23N5O5. The molecule has 0 radical (unpaired) electrons. The first kappa shape index (κ1) is 18.9. The topological polar surface area (TPSA) is 105 Å². The summed E-state index contributed by atoms with van der Waals surface area (Å²) in [5.41, 5.74) is 0. The van der Waals surface area contributed by atoms with Crippen molar-refractivity contribution < 1.29 is 23.9 Å². The van der Waals surface area contributed by atoms with E-state index in [1.54, 1.807) is 11.9 Å². The lowest BCUT2D eigenvalue weighted by atomic mass is 10.0. The van der Waals surface area contributed by atoms with E-state index in [1.165, 1.54) is 31.5 Å². The Balaban J connectivity index is 1.54. The number of likely N-dealkylation sites (N-methyl/N-ethyl adjacent to an activating group) is 1. The molecule has 0 bridgehead atoms. The van der Waals surface area contributed by atoms with Crippen LogP contribution in [0.25, 0.3) is 0 Å². The van der Waals surface area contributed by atoms with Gasteiger partial charge in [0.15, 0.2) is 5.75 Å². The first-order valence-corrected chi connectivity index (χ1v) is 8.75. The summed E-state index contributed by atoms with van der Waals surface area (Å²) >= 11 is 0. The highest BCUT2D eigenvalue weighted by Gasteiger charge is 2.40. The molecular weight excluding hydrogens is 354 g/mol. The third-order valence-corrected chi connectivity index (χ3v) is 4.95. The summed E-state index contributed by atoms with van der Waals surface area (Å²) in [5, 5.41) is 0. The van der Waals surface area contributed by atoms with Gasteiger partial charge in [0.2, 0.25) is 11.8 Å². The number of piperidine rings is 1. The van der Waals surface area contributed by atoms with Gasteiger partial charge in [-0.05, 0) is 0 Å². The molecule has 1 unspecified atom stereocenters. The lowest BCUT2D eigenvalue weighted by molar-refractivity contribution is -0.144. The molecule has 3 rings (SSSR count). The second-order valence-electron chi connectivity index (χ2n) is 6.61. The van der Waals surface area contributed by atoms with Crippen LogP contribution in [0, 0.1) is 0 Å². The Labute approximate surface area is 157 Å². The molecule has 0 spiro atoms. The first-order chi connectivity index (χ1) is 12.9. The van der Waals surface area contributed by atoms with Gasteiger partial charge in [0.25, 0.3) is 0 Å². The minimum atomic E-state index is -0.747. The normalized spacial score (nSPS) is 21.4. The molecule has 4 amide bonds. The van der Waals surface area contributed by atoms with Gasteiger partial charge in [0, 0.05) is 40.0 Å². The van der Waals surface area contributed by atoms with Crippen LogP contribution in [0.15, 0.2) is 12.4 Å². The molecule has 0 saturated carbocycles. The number of ether oxygens (including phenoxy) is 2. The zero-order chi connectivity index (χ0) is 19.6. The van der Waals surface area contributed by atoms with Crippen LogP contribution >= 0.6 is 0 Å². The monoisotopic (exact) mass is 377 g/mol. The minimum Gasteiger partial charge on any atom is -0.494 e. The van der Waals surface area contributed by atoms with Gasteiger partial charge in [-0.15, -0.1) is 0 Å². The number of carbonyl (C=O) groups is 3. The quantitative estimate of drug-likeness (QED) is 0.735. The highest BCUT2D eigenvalue weighted by atomic mass is 16.5. The van der Waals surface area contributed by atoms with Crippen LogP contribution in [0.3, 0.4) is 0 Å². The first-order valence-electron chi connectivity index (χ1n) is 8.75. The number of methoxy groups -OCH3 is 1. The third-order valence-electron chi connectivity index (χ3n) is 4.95. The molecule has 2 fully saturated rings. The van der Waals surface area contributed by atoms with Crippen LogP contribution in [0.1, 0.15) is 19.3 Å². The molecule has 0 aliphatic carbocycles. The van der Waals surface area contributed by atoms with Crippen molar-refractivity contribution in [2.45, 2.75) is 31.4 Å². The van der Waals surface area contributed by atoms with E-state index >= 15 is 0 Å². The van der Waals surface area contributed by atoms with Crippen molar-refractivity contribution in [3.63, 3.8) is 0 Å². The van der Waals surface area contributed by atoms with Gasteiger partial charge < -0.3 is 19.3 Å². The van der Waals surface area contributed by atoms with Crippen LogP contribution in [0.4, 0.5) is 4.79 Å². The van der Waals surface area contributed by atoms with Gasteiger partial charge in [0.1, 0.15) is 12.1 Å². The highest BCUT2D eigenvalue weighted by Crippen LogP contribution is 2.21. The van der Waals surface area contributed by atoms with Crippen molar-refractivity contribution >= 4 is 17.8 Å². The molecule has 0 N–H and O–H groups in total. The fraction of sp³-hybridized carbons (Fsp3) is 0.588. The summed E-state index contributed by atoms with van der Waals surface area (Å²) in [6.07, 6.45) is 4.23. The second kappa shape index (κ2) is 7.77. The van der Waals surface area contributed by atoms with E-state index < -0.39 is 12.1 Å². The Morgan fingerprint density at radius 1 is 1.15 bits per heavy atom. The molecule has 2 aliphatic rings. The molecule has 3 heterocycles. The SMILES string of the molecule is COc1cnc(OC2CCN(C(=O)C3CC(=O)N(C)C(=O)N3C)CC2)nc1. The lowest BCUT2D eigenvalue weighted by Crippen LogP contribution is -2.60. The lowest BCUT2D eigenvalue weighted by Gasteiger charge is -2.39. The molecule has 1 aromatic rings. The van der Waals surface area contributed by atoms with Gasteiger partial charge >= 0.3 is 12.0 Å². The number of likely N-dealkylation sites (tertiary alicyclic amines) is 1. The number of imide groups is 1. The molecule has 10 nitrogen and oxygen atoms in total. The summed E-state index contributed by atoms with van der Waals surface area (Å²) in [6, 6.07) is -0.935. The molecule has 27 heavy (non-hydrogen) atoms. The number of aromatic nitrogens is 2. The number of nitrogens with zero attached hydrogens (tertiary/aromatic N) is 5. The summed E-state index contributed by atoms with van der Waals surface area (Å²) in [6.45, 7) is 0.977. The maximum atomic E-state index is 12.8. The van der Waals surface area contributed by atoms with E-state index in [0.717, 1.165) is 4.90 Å². The average molecular weight is 377 g/mol. The summed E-state index contributed by atoms with van der Waals surface area (Å²) in [7, 11) is 4.51. The fourth-order valence-electron chi connectivity index (χ4n) is 3.19. The zero-order valence-electron chi connectivity index (χ0n) is 15.6. The van der Waals surface area contributed by atoms with Crippen molar-refractivity contribution in [2.75, 3.05) is 34.3 Å². The standard InChI is InChI=1S/C17H23N5O5/c1-20-13(8-14(23)21(2)17(20)25)15(24)22-6-4-11(5-7-22)27-16-18-9-12(26-3)10-19-16/h9-11,13H,4-8H2,1-3H3. The smallest absolute Gasteiger partial charge is 0.326 e. The van der Waals surface area contributed by atoms with Crippen LogP contribution in [-0.2, 0) is 9.59 Å². The van der Waals surface area contributed by atoms with Gasteiger partial charge in [-0.1, -0.05) is 0 Å². The van der Waals surface area contributed by atoms with Gasteiger partial charge in [-0.3, -0.25) is 14.5 Å². The van der Waals surface area contributed by atoms with Crippen molar-refractivity contribution in [1.82, 2.24) is 24.7 Å². The van der Waals surface area contributed by atoms with E-state index in [9.17, 15) is 14.4 Å². The minimum absolute atomic E-state index is 0.00763. The second-order valence-corrected chi connectivity index (χ2v) is 6.61. The number of carbonyl (C=O) groups excluding carboxylic acids is 3. The van der Waals surface area contributed by atoms with Crippen molar-refractivity contribution in [1.29, 1.82) is 0 Å². The number of hydrogen-bond acceptors (Lipinski definition) is 7. The highest BCUT2D eigenvalue weighted by molar-refractivity contribution is 6.02. The maximum Gasteiger partial charge on any atom is 0.326 e. The molecule has 146 valence electrons. The predicted molar refractivity (Wildman–Crippen MR) is 93.1 cm³/mol. The fourth-order valence-corrected chi connectivity index (χ4v) is 3.19. The Morgan fingerprint density at radius 2 is 1.78 bits per heavy atom. The molecule has 2 aliphatic heterocycles. The van der Waals surface area contributed by atoms with E-state index in [0.29, 0.717) is 31.7 Å². The summed E-state index contributed by atoms with van der Waals surface area (Å²) in [4.78, 5) is 49.0. The number of rotatable bonds is 4.